The van der Waals surface area contributed by atoms with E-state index in [0.717, 1.165) is 19.3 Å². The highest BCUT2D eigenvalue weighted by molar-refractivity contribution is 5.16. The van der Waals surface area contributed by atoms with Gasteiger partial charge in [0.2, 0.25) is 0 Å². The zero-order valence-electron chi connectivity index (χ0n) is 12.8. The fourth-order valence-corrected chi connectivity index (χ4v) is 5.73. The summed E-state index contributed by atoms with van der Waals surface area (Å²) in [4.78, 5) is 0. The van der Waals surface area contributed by atoms with Crippen LogP contribution < -0.4 is 0 Å². The van der Waals surface area contributed by atoms with Crippen molar-refractivity contribution in [1.29, 1.82) is 0 Å². The van der Waals surface area contributed by atoms with E-state index in [4.69, 9.17) is 9.47 Å². The fourth-order valence-electron chi connectivity index (χ4n) is 5.73. The zero-order valence-corrected chi connectivity index (χ0v) is 12.8. The van der Waals surface area contributed by atoms with Crippen LogP contribution in [-0.2, 0) is 14.2 Å². The third-order valence-corrected chi connectivity index (χ3v) is 6.43. The van der Waals surface area contributed by atoms with Crippen molar-refractivity contribution in [2.75, 3.05) is 6.79 Å². The van der Waals surface area contributed by atoms with Crippen LogP contribution in [0.3, 0.4) is 0 Å². The van der Waals surface area contributed by atoms with Crippen molar-refractivity contribution in [3.8, 4) is 0 Å². The summed E-state index contributed by atoms with van der Waals surface area (Å²) in [5.74, 6) is -2.77. The molecule has 0 radical (unpaired) electrons. The Balaban J connectivity index is 1.67. The maximum atomic E-state index is 13.3. The first-order valence-corrected chi connectivity index (χ1v) is 8.08. The first-order chi connectivity index (χ1) is 10.7. The zero-order chi connectivity index (χ0) is 16.5. The Hall–Kier alpha value is -0.790. The largest absolute Gasteiger partial charge is 0.495 e. The van der Waals surface area contributed by atoms with Crippen molar-refractivity contribution in [2.24, 2.45) is 17.8 Å². The van der Waals surface area contributed by atoms with Gasteiger partial charge in [-0.15, -0.1) is 0 Å². The molecule has 1 N–H and O–H groups in total. The third-order valence-electron chi connectivity index (χ3n) is 6.43. The molecule has 0 aromatic rings. The van der Waals surface area contributed by atoms with Crippen molar-refractivity contribution >= 4 is 0 Å². The molecule has 130 valence electrons. The van der Waals surface area contributed by atoms with E-state index in [1.54, 1.807) is 0 Å². The topological polar surface area (TPSA) is 47.9 Å². The van der Waals surface area contributed by atoms with Gasteiger partial charge in [0.05, 0.1) is 11.9 Å². The number of hydrogen-bond acceptors (Lipinski definition) is 4. The summed E-state index contributed by atoms with van der Waals surface area (Å²) in [5.41, 5.74) is -1.28. The van der Waals surface area contributed by atoms with Crippen molar-refractivity contribution in [3.05, 3.63) is 12.8 Å². The SMILES string of the molecule is C=COC12CC3CC(C1)C1(CC(O)(C(F)(F)F)OCO1)C(C3)C2. The average Bonchev–Trinajstić information content (AvgIpc) is 2.43. The standard InChI is InChI=1S/C16H21F3O4/c1-2-21-13-5-10-3-11(6-13)14(12(4-10)7-13)8-15(20,16(17,18)19)23-9-22-14/h2,10-12,20H,1,3-9H2. The van der Waals surface area contributed by atoms with Gasteiger partial charge in [-0.25, -0.2) is 0 Å². The molecular formula is C16H21F3O4. The number of alkyl halides is 3. The predicted molar refractivity (Wildman–Crippen MR) is 73.0 cm³/mol. The van der Waals surface area contributed by atoms with E-state index >= 15 is 0 Å². The summed E-state index contributed by atoms with van der Waals surface area (Å²) in [5, 5.41) is 10.1. The van der Waals surface area contributed by atoms with Gasteiger partial charge in [-0.05, 0) is 49.9 Å². The highest BCUT2D eigenvalue weighted by Gasteiger charge is 2.70. The quantitative estimate of drug-likeness (QED) is 0.789. The maximum absolute atomic E-state index is 13.3. The smallest absolute Gasteiger partial charge is 0.443 e. The van der Waals surface area contributed by atoms with Crippen LogP contribution >= 0.6 is 0 Å². The predicted octanol–water partition coefficient (Wildman–Crippen LogP) is 3.11. The van der Waals surface area contributed by atoms with Crippen LogP contribution in [0.5, 0.6) is 0 Å². The lowest BCUT2D eigenvalue weighted by atomic mass is 9.47. The monoisotopic (exact) mass is 334 g/mol. The Labute approximate surface area is 132 Å². The van der Waals surface area contributed by atoms with Crippen molar-refractivity contribution in [1.82, 2.24) is 0 Å². The molecule has 4 bridgehead atoms. The molecule has 0 aromatic carbocycles. The van der Waals surface area contributed by atoms with Crippen LogP contribution in [-0.4, -0.2) is 35.1 Å². The molecule has 4 aliphatic carbocycles. The Kier molecular flexibility index (Phi) is 3.17. The third kappa shape index (κ3) is 2.09. The lowest BCUT2D eigenvalue weighted by Gasteiger charge is -2.65. The molecule has 4 saturated carbocycles. The molecule has 3 unspecified atom stereocenters. The molecular weight excluding hydrogens is 313 g/mol. The van der Waals surface area contributed by atoms with Crippen LogP contribution in [0, 0.1) is 17.8 Å². The molecule has 1 saturated heterocycles. The summed E-state index contributed by atoms with van der Waals surface area (Å²) in [6.07, 6.45) is -0.0401. The van der Waals surface area contributed by atoms with Gasteiger partial charge in [0, 0.05) is 6.42 Å². The van der Waals surface area contributed by atoms with E-state index in [1.807, 2.05) is 0 Å². The van der Waals surface area contributed by atoms with E-state index in [9.17, 15) is 18.3 Å². The van der Waals surface area contributed by atoms with Crippen LogP contribution in [0.15, 0.2) is 12.8 Å². The molecule has 4 nitrogen and oxygen atoms in total. The minimum Gasteiger partial charge on any atom is -0.495 e. The Morgan fingerprint density at radius 1 is 1.13 bits per heavy atom. The van der Waals surface area contributed by atoms with E-state index in [-0.39, 0.29) is 17.4 Å². The van der Waals surface area contributed by atoms with Crippen molar-refractivity contribution in [2.45, 2.75) is 61.7 Å². The molecule has 7 heteroatoms. The molecule has 1 aliphatic heterocycles. The van der Waals surface area contributed by atoms with Gasteiger partial charge in [-0.3, -0.25) is 0 Å². The van der Waals surface area contributed by atoms with E-state index < -0.39 is 30.8 Å². The Bertz CT molecular complexity index is 504. The second kappa shape index (κ2) is 4.64. The van der Waals surface area contributed by atoms with Crippen LogP contribution in [0.2, 0.25) is 0 Å². The van der Waals surface area contributed by atoms with Gasteiger partial charge in [0.1, 0.15) is 5.60 Å². The number of rotatable bonds is 2. The first-order valence-electron chi connectivity index (χ1n) is 8.08. The number of hydrogen-bond donors (Lipinski definition) is 1. The van der Waals surface area contributed by atoms with Crippen LogP contribution in [0.25, 0.3) is 0 Å². The van der Waals surface area contributed by atoms with Crippen molar-refractivity contribution < 1.29 is 32.5 Å². The number of halogens is 3. The highest BCUT2D eigenvalue weighted by Crippen LogP contribution is 2.65. The van der Waals surface area contributed by atoms with Gasteiger partial charge in [-0.1, -0.05) is 6.58 Å². The summed E-state index contributed by atoms with van der Waals surface area (Å²) in [7, 11) is 0. The second-order valence-corrected chi connectivity index (χ2v) is 7.63. The number of ether oxygens (including phenoxy) is 3. The summed E-state index contributed by atoms with van der Waals surface area (Å²) in [6.45, 7) is 3.11. The molecule has 5 rings (SSSR count). The minimum absolute atomic E-state index is 0.0496. The lowest BCUT2D eigenvalue weighted by Crippen LogP contribution is -2.70. The summed E-state index contributed by atoms with van der Waals surface area (Å²) < 4.78 is 55.9. The molecule has 0 amide bonds. The molecule has 1 heterocycles. The van der Waals surface area contributed by atoms with Gasteiger partial charge >= 0.3 is 6.18 Å². The van der Waals surface area contributed by atoms with Gasteiger partial charge in [0.15, 0.2) is 6.79 Å². The molecule has 23 heavy (non-hydrogen) atoms. The van der Waals surface area contributed by atoms with Crippen molar-refractivity contribution in [3.63, 3.8) is 0 Å². The molecule has 5 aliphatic rings. The van der Waals surface area contributed by atoms with Gasteiger partial charge in [-0.2, -0.15) is 13.2 Å². The van der Waals surface area contributed by atoms with E-state index in [2.05, 4.69) is 11.3 Å². The fraction of sp³-hybridized carbons (Fsp3) is 0.875. The van der Waals surface area contributed by atoms with Crippen LogP contribution in [0.1, 0.15) is 38.5 Å². The summed E-state index contributed by atoms with van der Waals surface area (Å²) in [6, 6.07) is 0. The Morgan fingerprint density at radius 2 is 1.78 bits per heavy atom. The van der Waals surface area contributed by atoms with E-state index in [0.29, 0.717) is 18.8 Å². The van der Waals surface area contributed by atoms with Gasteiger partial charge in [0.25, 0.3) is 5.79 Å². The lowest BCUT2D eigenvalue weighted by molar-refractivity contribution is -0.444. The molecule has 1 spiro atoms. The molecule has 5 fully saturated rings. The van der Waals surface area contributed by atoms with Gasteiger partial charge < -0.3 is 19.3 Å². The number of aliphatic hydroxyl groups is 1. The molecule has 0 aromatic heterocycles. The van der Waals surface area contributed by atoms with Crippen LogP contribution in [0.4, 0.5) is 13.2 Å². The maximum Gasteiger partial charge on any atom is 0.443 e. The average molecular weight is 334 g/mol. The minimum atomic E-state index is -4.83. The highest BCUT2D eigenvalue weighted by atomic mass is 19.4. The normalized spacial score (nSPS) is 51.9. The summed E-state index contributed by atoms with van der Waals surface area (Å²) >= 11 is 0. The second-order valence-electron chi connectivity index (χ2n) is 7.63. The first kappa shape index (κ1) is 15.7. The Morgan fingerprint density at radius 3 is 2.35 bits per heavy atom. The molecule has 3 atom stereocenters. The van der Waals surface area contributed by atoms with E-state index in [1.165, 1.54) is 6.26 Å².